The molecule has 0 saturated carbocycles. The van der Waals surface area contributed by atoms with Crippen molar-refractivity contribution in [2.45, 2.75) is 63.8 Å². The molecule has 1 aromatic carbocycles. The fraction of sp³-hybridized carbons (Fsp3) is 0.632. The van der Waals surface area contributed by atoms with Gasteiger partial charge in [0.25, 0.3) is 11.8 Å². The minimum atomic E-state index is -4.75. The minimum absolute atomic E-state index is 0.202. The van der Waals surface area contributed by atoms with Gasteiger partial charge in [0, 0.05) is 31.5 Å². The van der Waals surface area contributed by atoms with Crippen molar-refractivity contribution >= 4 is 18.5 Å². The minimum Gasteiger partial charge on any atom is -0.399 e. The molecule has 29 heavy (non-hydrogen) atoms. The highest BCUT2D eigenvalue weighted by molar-refractivity contribution is 6.62. The van der Waals surface area contributed by atoms with Crippen LogP contribution < -0.4 is 5.46 Å². The van der Waals surface area contributed by atoms with Crippen molar-refractivity contribution in [3.05, 3.63) is 29.3 Å². The number of hydrogen-bond donors (Lipinski definition) is 0. The van der Waals surface area contributed by atoms with Crippen LogP contribution in [0.25, 0.3) is 0 Å². The van der Waals surface area contributed by atoms with E-state index >= 15 is 0 Å². The standard InChI is InChI=1S/C19H23BF5NO3/c1-16(2)17(3,4)29-20(28-16)14-6-5-12(11-13(14)19(23,24)25)15(27)26-9-7-18(21,22)8-10-26/h5-6,11H,7-10H2,1-4H3. The highest BCUT2D eigenvalue weighted by Gasteiger charge is 2.53. The zero-order chi connectivity index (χ0) is 21.8. The Hall–Kier alpha value is -1.68. The van der Waals surface area contributed by atoms with E-state index in [-0.39, 0.29) is 24.1 Å². The monoisotopic (exact) mass is 419 g/mol. The normalized spacial score (nSPS) is 23.3. The van der Waals surface area contributed by atoms with E-state index in [0.717, 1.165) is 17.0 Å². The number of piperidine rings is 1. The summed E-state index contributed by atoms with van der Waals surface area (Å²) in [5, 5.41) is 0. The van der Waals surface area contributed by atoms with Gasteiger partial charge in [0.2, 0.25) is 0 Å². The lowest BCUT2D eigenvalue weighted by atomic mass is 9.75. The Morgan fingerprint density at radius 1 is 1.03 bits per heavy atom. The van der Waals surface area contributed by atoms with E-state index in [2.05, 4.69) is 0 Å². The van der Waals surface area contributed by atoms with Gasteiger partial charge in [0.05, 0.1) is 16.8 Å². The molecule has 2 aliphatic heterocycles. The molecule has 2 aliphatic rings. The maximum Gasteiger partial charge on any atom is 0.495 e. The van der Waals surface area contributed by atoms with E-state index in [0.29, 0.717) is 0 Å². The molecule has 0 bridgehead atoms. The number of carbonyl (C=O) groups excluding carboxylic acids is 1. The number of nitrogens with zero attached hydrogens (tertiary/aromatic N) is 1. The van der Waals surface area contributed by atoms with Crippen LogP contribution >= 0.6 is 0 Å². The molecule has 0 aliphatic carbocycles. The molecule has 4 nitrogen and oxygen atoms in total. The number of rotatable bonds is 2. The maximum absolute atomic E-state index is 13.7. The summed E-state index contributed by atoms with van der Waals surface area (Å²) in [4.78, 5) is 13.7. The van der Waals surface area contributed by atoms with Crippen molar-refractivity contribution < 1.29 is 36.1 Å². The maximum atomic E-state index is 13.7. The Morgan fingerprint density at radius 3 is 2.03 bits per heavy atom. The molecular formula is C19H23BF5NO3. The number of amides is 1. The molecule has 2 saturated heterocycles. The van der Waals surface area contributed by atoms with Crippen LogP contribution in [0.5, 0.6) is 0 Å². The number of benzene rings is 1. The van der Waals surface area contributed by atoms with Crippen LogP contribution in [-0.2, 0) is 15.5 Å². The summed E-state index contributed by atoms with van der Waals surface area (Å²) in [6.07, 6.45) is -5.75. The number of carbonyl (C=O) groups is 1. The van der Waals surface area contributed by atoms with Gasteiger partial charge in [0.15, 0.2) is 0 Å². The number of likely N-dealkylation sites (tertiary alicyclic amines) is 1. The third-order valence-corrected chi connectivity index (χ3v) is 5.89. The summed E-state index contributed by atoms with van der Waals surface area (Å²) >= 11 is 0. The first-order valence-corrected chi connectivity index (χ1v) is 9.37. The van der Waals surface area contributed by atoms with Gasteiger partial charge in [-0.25, -0.2) is 8.78 Å². The topological polar surface area (TPSA) is 38.8 Å². The SMILES string of the molecule is CC1(C)OB(c2ccc(C(=O)N3CCC(F)(F)CC3)cc2C(F)(F)F)OC1(C)C. The van der Waals surface area contributed by atoms with E-state index in [1.807, 2.05) is 0 Å². The fourth-order valence-corrected chi connectivity index (χ4v) is 3.33. The van der Waals surface area contributed by atoms with Gasteiger partial charge in [-0.2, -0.15) is 13.2 Å². The first-order chi connectivity index (χ1) is 13.1. The molecule has 0 spiro atoms. The molecule has 1 amide bonds. The number of hydrogen-bond acceptors (Lipinski definition) is 3. The fourth-order valence-electron chi connectivity index (χ4n) is 3.33. The van der Waals surface area contributed by atoms with Gasteiger partial charge < -0.3 is 14.2 Å². The average Bonchev–Trinajstić information content (AvgIpc) is 2.80. The van der Waals surface area contributed by atoms with Crippen molar-refractivity contribution in [1.29, 1.82) is 0 Å². The summed E-state index contributed by atoms with van der Waals surface area (Å²) < 4.78 is 79.3. The summed E-state index contributed by atoms with van der Waals surface area (Å²) in [6.45, 7) is 6.50. The zero-order valence-corrected chi connectivity index (χ0v) is 16.7. The molecule has 2 heterocycles. The third-order valence-electron chi connectivity index (χ3n) is 5.89. The predicted octanol–water partition coefficient (Wildman–Crippen LogP) is 3.88. The van der Waals surface area contributed by atoms with Crippen LogP contribution in [0.15, 0.2) is 18.2 Å². The van der Waals surface area contributed by atoms with Gasteiger partial charge in [-0.15, -0.1) is 0 Å². The Labute approximate surface area is 166 Å². The Bertz CT molecular complexity index is 784. The lowest BCUT2D eigenvalue weighted by Crippen LogP contribution is -2.43. The lowest BCUT2D eigenvalue weighted by molar-refractivity contribution is -0.136. The predicted molar refractivity (Wildman–Crippen MR) is 97.2 cm³/mol. The molecule has 0 unspecified atom stereocenters. The third kappa shape index (κ3) is 4.28. The molecule has 2 fully saturated rings. The molecule has 0 aromatic heterocycles. The number of halogens is 5. The van der Waals surface area contributed by atoms with E-state index in [4.69, 9.17) is 9.31 Å². The highest BCUT2D eigenvalue weighted by Crippen LogP contribution is 2.38. The molecular weight excluding hydrogens is 396 g/mol. The second-order valence-corrected chi connectivity index (χ2v) is 8.54. The second-order valence-electron chi connectivity index (χ2n) is 8.54. The second kappa shape index (κ2) is 6.94. The summed E-state index contributed by atoms with van der Waals surface area (Å²) in [5.74, 6) is -3.55. The van der Waals surface area contributed by atoms with Crippen LogP contribution in [0.2, 0.25) is 0 Å². The van der Waals surface area contributed by atoms with Crippen LogP contribution in [0.3, 0.4) is 0 Å². The lowest BCUT2D eigenvalue weighted by Gasteiger charge is -2.32. The van der Waals surface area contributed by atoms with Gasteiger partial charge in [-0.1, -0.05) is 6.07 Å². The molecule has 3 rings (SSSR count). The van der Waals surface area contributed by atoms with Gasteiger partial charge in [-0.3, -0.25) is 4.79 Å². The van der Waals surface area contributed by atoms with Crippen molar-refractivity contribution in [3.63, 3.8) is 0 Å². The Kier molecular flexibility index (Phi) is 5.27. The first-order valence-electron chi connectivity index (χ1n) is 9.37. The first kappa shape index (κ1) is 22.0. The van der Waals surface area contributed by atoms with Crippen LogP contribution in [0.4, 0.5) is 22.0 Å². The van der Waals surface area contributed by atoms with Crippen LogP contribution in [0.1, 0.15) is 56.5 Å². The largest absolute Gasteiger partial charge is 0.495 e. The molecule has 160 valence electrons. The van der Waals surface area contributed by atoms with Crippen LogP contribution in [0, 0.1) is 0 Å². The molecule has 0 atom stereocenters. The van der Waals surface area contributed by atoms with Crippen molar-refractivity contribution in [1.82, 2.24) is 4.90 Å². The Balaban J connectivity index is 1.91. The van der Waals surface area contributed by atoms with Gasteiger partial charge >= 0.3 is 13.3 Å². The van der Waals surface area contributed by atoms with E-state index in [1.165, 1.54) is 6.07 Å². The van der Waals surface area contributed by atoms with Crippen molar-refractivity contribution in [2.24, 2.45) is 0 Å². The molecule has 1 aromatic rings. The quantitative estimate of drug-likeness (QED) is 0.540. The number of alkyl halides is 5. The van der Waals surface area contributed by atoms with Crippen molar-refractivity contribution in [2.75, 3.05) is 13.1 Å². The summed E-state index contributed by atoms with van der Waals surface area (Å²) in [6, 6.07) is 3.16. The molecule has 0 N–H and O–H groups in total. The van der Waals surface area contributed by atoms with Gasteiger partial charge in [0.1, 0.15) is 0 Å². The summed E-state index contributed by atoms with van der Waals surface area (Å²) in [7, 11) is -1.24. The van der Waals surface area contributed by atoms with E-state index < -0.39 is 54.7 Å². The Morgan fingerprint density at radius 2 is 1.55 bits per heavy atom. The molecule has 0 radical (unpaired) electrons. The smallest absolute Gasteiger partial charge is 0.399 e. The zero-order valence-electron chi connectivity index (χ0n) is 16.7. The summed E-state index contributed by atoms with van der Waals surface area (Å²) in [5.41, 5.74) is -3.12. The molecule has 10 heteroatoms. The van der Waals surface area contributed by atoms with Gasteiger partial charge in [-0.05, 0) is 45.3 Å². The average molecular weight is 419 g/mol. The van der Waals surface area contributed by atoms with E-state index in [9.17, 15) is 26.7 Å². The van der Waals surface area contributed by atoms with E-state index in [1.54, 1.807) is 27.7 Å². The van der Waals surface area contributed by atoms with Crippen LogP contribution in [-0.4, -0.2) is 48.1 Å². The highest BCUT2D eigenvalue weighted by atomic mass is 19.4. The van der Waals surface area contributed by atoms with Crippen molar-refractivity contribution in [3.8, 4) is 0 Å².